The molecule has 3 rings (SSSR count). The molecule has 3 heterocycles. The second kappa shape index (κ2) is 3.31. The molecule has 0 saturated carbocycles. The van der Waals surface area contributed by atoms with Crippen LogP contribution in [0, 0.1) is 6.92 Å². The molecule has 5 heteroatoms. The summed E-state index contributed by atoms with van der Waals surface area (Å²) in [6.45, 7) is 1.83. The SMILES string of the molecule is Cc1cc(=O)n2[nH]cc(-c3cccs3)c2n1. The van der Waals surface area contributed by atoms with Crippen molar-refractivity contribution in [3.8, 4) is 10.4 Å². The topological polar surface area (TPSA) is 50.2 Å². The summed E-state index contributed by atoms with van der Waals surface area (Å²) < 4.78 is 1.46. The van der Waals surface area contributed by atoms with Gasteiger partial charge >= 0.3 is 0 Å². The Kier molecular flexibility index (Phi) is 1.94. The molecule has 4 nitrogen and oxygen atoms in total. The van der Waals surface area contributed by atoms with Crippen molar-refractivity contribution < 1.29 is 0 Å². The first-order valence-electron chi connectivity index (χ1n) is 4.87. The van der Waals surface area contributed by atoms with Crippen molar-refractivity contribution in [1.29, 1.82) is 0 Å². The van der Waals surface area contributed by atoms with Crippen molar-refractivity contribution in [2.24, 2.45) is 0 Å². The maximum atomic E-state index is 11.7. The largest absolute Gasteiger partial charge is 0.296 e. The Bertz CT molecular complexity index is 694. The van der Waals surface area contributed by atoms with E-state index in [4.69, 9.17) is 0 Å². The van der Waals surface area contributed by atoms with Crippen molar-refractivity contribution in [3.05, 3.63) is 45.8 Å². The van der Waals surface area contributed by atoms with Gasteiger partial charge in [-0.2, -0.15) is 0 Å². The van der Waals surface area contributed by atoms with Crippen LogP contribution in [0.4, 0.5) is 0 Å². The quantitative estimate of drug-likeness (QED) is 0.697. The van der Waals surface area contributed by atoms with Gasteiger partial charge in [-0.15, -0.1) is 11.3 Å². The summed E-state index contributed by atoms with van der Waals surface area (Å²) in [6, 6.07) is 5.52. The first-order chi connectivity index (χ1) is 7.75. The first kappa shape index (κ1) is 9.35. The Hall–Kier alpha value is -1.88. The van der Waals surface area contributed by atoms with Crippen LogP contribution in [0.2, 0.25) is 0 Å². The lowest BCUT2D eigenvalue weighted by Crippen LogP contribution is -2.14. The highest BCUT2D eigenvalue weighted by atomic mass is 32.1. The molecule has 0 saturated heterocycles. The van der Waals surface area contributed by atoms with E-state index in [1.165, 1.54) is 10.6 Å². The van der Waals surface area contributed by atoms with E-state index < -0.39 is 0 Å². The Morgan fingerprint density at radius 3 is 3.12 bits per heavy atom. The van der Waals surface area contributed by atoms with Crippen LogP contribution in [0.5, 0.6) is 0 Å². The maximum Gasteiger partial charge on any atom is 0.272 e. The number of H-pyrrole nitrogens is 1. The van der Waals surface area contributed by atoms with Crippen LogP contribution in [-0.4, -0.2) is 14.6 Å². The van der Waals surface area contributed by atoms with Gasteiger partial charge in [0.2, 0.25) is 0 Å². The molecule has 0 radical (unpaired) electrons. The molecule has 1 N–H and O–H groups in total. The average Bonchev–Trinajstić information content (AvgIpc) is 2.83. The molecule has 0 unspecified atom stereocenters. The van der Waals surface area contributed by atoms with Crippen LogP contribution in [0.25, 0.3) is 16.1 Å². The third-order valence-electron chi connectivity index (χ3n) is 2.41. The molecule has 16 heavy (non-hydrogen) atoms. The number of aromatic amines is 1. The minimum Gasteiger partial charge on any atom is -0.296 e. The summed E-state index contributed by atoms with van der Waals surface area (Å²) in [5.74, 6) is 0. The number of nitrogens with zero attached hydrogens (tertiary/aromatic N) is 2. The minimum absolute atomic E-state index is 0.0784. The highest BCUT2D eigenvalue weighted by molar-refractivity contribution is 7.13. The molecule has 0 fully saturated rings. The molecule has 3 aromatic heterocycles. The summed E-state index contributed by atoms with van der Waals surface area (Å²) in [5.41, 5.74) is 2.32. The molecule has 0 bridgehead atoms. The summed E-state index contributed by atoms with van der Waals surface area (Å²) in [4.78, 5) is 17.2. The van der Waals surface area contributed by atoms with Crippen molar-refractivity contribution >= 4 is 17.0 Å². The summed E-state index contributed by atoms with van der Waals surface area (Å²) in [7, 11) is 0. The lowest BCUT2D eigenvalue weighted by atomic mass is 10.3. The van der Waals surface area contributed by atoms with Crippen molar-refractivity contribution in [3.63, 3.8) is 0 Å². The van der Waals surface area contributed by atoms with Gasteiger partial charge in [-0.25, -0.2) is 9.50 Å². The monoisotopic (exact) mass is 231 g/mol. The summed E-state index contributed by atoms with van der Waals surface area (Å²) >= 11 is 1.63. The molecule has 0 amide bonds. The third kappa shape index (κ3) is 1.29. The van der Waals surface area contributed by atoms with Crippen LogP contribution >= 0.6 is 11.3 Å². The Morgan fingerprint density at radius 2 is 2.38 bits per heavy atom. The molecular formula is C11H9N3OS. The van der Waals surface area contributed by atoms with Crippen molar-refractivity contribution in [2.45, 2.75) is 6.92 Å². The van der Waals surface area contributed by atoms with E-state index in [2.05, 4.69) is 10.1 Å². The fraction of sp³-hybridized carbons (Fsp3) is 0.0909. The van der Waals surface area contributed by atoms with Gasteiger partial charge in [0.15, 0.2) is 5.65 Å². The van der Waals surface area contributed by atoms with Crippen LogP contribution in [0.3, 0.4) is 0 Å². The predicted octanol–water partition coefficient (Wildman–Crippen LogP) is 2.06. The van der Waals surface area contributed by atoms with Crippen LogP contribution in [0.15, 0.2) is 34.6 Å². The molecular weight excluding hydrogens is 222 g/mol. The van der Waals surface area contributed by atoms with E-state index in [9.17, 15) is 4.79 Å². The predicted molar refractivity (Wildman–Crippen MR) is 63.9 cm³/mol. The molecule has 0 aromatic carbocycles. The molecule has 0 aliphatic heterocycles. The lowest BCUT2D eigenvalue weighted by Gasteiger charge is -1.96. The number of fused-ring (bicyclic) bond motifs is 1. The van der Waals surface area contributed by atoms with E-state index in [1.807, 2.05) is 30.6 Å². The highest BCUT2D eigenvalue weighted by Gasteiger charge is 2.09. The zero-order valence-electron chi connectivity index (χ0n) is 8.60. The Balaban J connectivity index is 2.40. The normalized spacial score (nSPS) is 11.1. The molecule has 3 aromatic rings. The molecule has 0 atom stereocenters. The maximum absolute atomic E-state index is 11.7. The van der Waals surface area contributed by atoms with E-state index in [-0.39, 0.29) is 5.56 Å². The van der Waals surface area contributed by atoms with Gasteiger partial charge in [-0.05, 0) is 18.4 Å². The number of thiophene rings is 1. The van der Waals surface area contributed by atoms with Gasteiger partial charge in [0.25, 0.3) is 5.56 Å². The fourth-order valence-electron chi connectivity index (χ4n) is 1.71. The van der Waals surface area contributed by atoms with E-state index in [0.717, 1.165) is 16.1 Å². The van der Waals surface area contributed by atoms with Crippen molar-refractivity contribution in [1.82, 2.24) is 14.6 Å². The summed E-state index contributed by atoms with van der Waals surface area (Å²) in [5, 5.41) is 4.93. The number of rotatable bonds is 1. The van der Waals surface area contributed by atoms with Gasteiger partial charge in [-0.1, -0.05) is 6.07 Å². The van der Waals surface area contributed by atoms with E-state index in [1.54, 1.807) is 11.3 Å². The second-order valence-electron chi connectivity index (χ2n) is 3.56. The van der Waals surface area contributed by atoms with Gasteiger partial charge in [0.1, 0.15) is 0 Å². The van der Waals surface area contributed by atoms with Crippen LogP contribution < -0.4 is 5.56 Å². The van der Waals surface area contributed by atoms with Gasteiger partial charge in [0.05, 0.1) is 5.56 Å². The average molecular weight is 231 g/mol. The van der Waals surface area contributed by atoms with E-state index >= 15 is 0 Å². The third-order valence-corrected chi connectivity index (χ3v) is 3.32. The standard InChI is InChI=1S/C11H9N3OS/c1-7-5-10(15)14-11(13-7)8(6-12-14)9-3-2-4-16-9/h2-6,12H,1H3. The van der Waals surface area contributed by atoms with Gasteiger partial charge in [0, 0.05) is 22.8 Å². The Labute approximate surface area is 95.2 Å². The number of hydrogen-bond donors (Lipinski definition) is 1. The number of aromatic nitrogens is 3. The fourth-order valence-corrected chi connectivity index (χ4v) is 2.45. The lowest BCUT2D eigenvalue weighted by molar-refractivity contribution is 0.890. The molecule has 80 valence electrons. The number of hydrogen-bond acceptors (Lipinski definition) is 3. The minimum atomic E-state index is -0.0784. The van der Waals surface area contributed by atoms with E-state index in [0.29, 0.717) is 5.65 Å². The van der Waals surface area contributed by atoms with Gasteiger partial charge in [-0.3, -0.25) is 9.89 Å². The number of aryl methyl sites for hydroxylation is 1. The smallest absolute Gasteiger partial charge is 0.272 e. The second-order valence-corrected chi connectivity index (χ2v) is 4.51. The zero-order valence-corrected chi connectivity index (χ0v) is 9.41. The summed E-state index contributed by atoms with van der Waals surface area (Å²) in [6.07, 6.45) is 1.81. The zero-order chi connectivity index (χ0) is 11.1. The Morgan fingerprint density at radius 1 is 1.50 bits per heavy atom. The first-order valence-corrected chi connectivity index (χ1v) is 5.75. The van der Waals surface area contributed by atoms with Crippen LogP contribution in [-0.2, 0) is 0 Å². The van der Waals surface area contributed by atoms with Crippen molar-refractivity contribution in [2.75, 3.05) is 0 Å². The number of nitrogens with one attached hydrogen (secondary N) is 1. The molecule has 0 aliphatic carbocycles. The van der Waals surface area contributed by atoms with Crippen LogP contribution in [0.1, 0.15) is 5.69 Å². The highest BCUT2D eigenvalue weighted by Crippen LogP contribution is 2.26. The molecule has 0 spiro atoms. The molecule has 0 aliphatic rings. The van der Waals surface area contributed by atoms with Gasteiger partial charge < -0.3 is 0 Å².